The van der Waals surface area contributed by atoms with E-state index in [4.69, 9.17) is 0 Å². The van der Waals surface area contributed by atoms with E-state index in [0.29, 0.717) is 6.54 Å². The van der Waals surface area contributed by atoms with Gasteiger partial charge in [-0.15, -0.1) is 0 Å². The summed E-state index contributed by atoms with van der Waals surface area (Å²) in [6.45, 7) is 0.627. The molecule has 2 heterocycles. The van der Waals surface area contributed by atoms with Crippen molar-refractivity contribution in [2.24, 2.45) is 0 Å². The Kier molecular flexibility index (Phi) is 3.33. The molecule has 0 fully saturated rings. The van der Waals surface area contributed by atoms with Gasteiger partial charge in [-0.3, -0.25) is 10.1 Å². The highest BCUT2D eigenvalue weighted by Gasteiger charge is 2.01. The van der Waals surface area contributed by atoms with Gasteiger partial charge in [-0.2, -0.15) is 5.10 Å². The number of aromatic nitrogens is 3. The van der Waals surface area contributed by atoms with E-state index in [1.807, 2.05) is 24.3 Å². The zero-order valence-electron chi connectivity index (χ0n) is 10.7. The Bertz CT molecular complexity index is 695. The summed E-state index contributed by atoms with van der Waals surface area (Å²) < 4.78 is 0. The SMILES string of the molecule is Oc1cccc(CNc2cncc(-c3ccn[nH]3)c2)c1. The van der Waals surface area contributed by atoms with Crippen LogP contribution in [-0.4, -0.2) is 20.3 Å². The zero-order valence-corrected chi connectivity index (χ0v) is 10.7. The van der Waals surface area contributed by atoms with Crippen LogP contribution in [0.2, 0.25) is 0 Å². The molecule has 20 heavy (non-hydrogen) atoms. The fourth-order valence-electron chi connectivity index (χ4n) is 1.97. The number of phenolic OH excluding ortho intramolecular Hbond substituents is 1. The molecule has 100 valence electrons. The van der Waals surface area contributed by atoms with E-state index in [-0.39, 0.29) is 5.75 Å². The molecule has 0 unspecified atom stereocenters. The summed E-state index contributed by atoms with van der Waals surface area (Å²) in [5.74, 6) is 0.272. The molecule has 0 radical (unpaired) electrons. The highest BCUT2D eigenvalue weighted by Crippen LogP contribution is 2.19. The number of H-pyrrole nitrogens is 1. The second-order valence-electron chi connectivity index (χ2n) is 4.46. The number of aromatic amines is 1. The molecule has 0 spiro atoms. The third-order valence-corrected chi connectivity index (χ3v) is 2.96. The molecule has 5 heteroatoms. The summed E-state index contributed by atoms with van der Waals surface area (Å²) in [6, 6.07) is 11.1. The van der Waals surface area contributed by atoms with Gasteiger partial charge < -0.3 is 10.4 Å². The normalized spacial score (nSPS) is 10.4. The molecule has 0 bridgehead atoms. The molecular weight excluding hydrogens is 252 g/mol. The molecular formula is C15H14N4O. The van der Waals surface area contributed by atoms with Crippen LogP contribution in [0.5, 0.6) is 5.75 Å². The largest absolute Gasteiger partial charge is 0.508 e. The van der Waals surface area contributed by atoms with Crippen molar-refractivity contribution in [1.29, 1.82) is 0 Å². The number of benzene rings is 1. The number of aromatic hydroxyl groups is 1. The van der Waals surface area contributed by atoms with Gasteiger partial charge in [0.05, 0.1) is 11.4 Å². The highest BCUT2D eigenvalue weighted by atomic mass is 16.3. The Labute approximate surface area is 116 Å². The number of phenols is 1. The highest BCUT2D eigenvalue weighted by molar-refractivity contribution is 5.62. The Morgan fingerprint density at radius 3 is 2.90 bits per heavy atom. The van der Waals surface area contributed by atoms with E-state index in [2.05, 4.69) is 20.5 Å². The minimum Gasteiger partial charge on any atom is -0.508 e. The molecule has 3 aromatic rings. The van der Waals surface area contributed by atoms with Crippen molar-refractivity contribution in [1.82, 2.24) is 15.2 Å². The van der Waals surface area contributed by atoms with Crippen LogP contribution in [0.25, 0.3) is 11.3 Å². The van der Waals surface area contributed by atoms with E-state index in [1.54, 1.807) is 30.7 Å². The molecule has 2 aromatic heterocycles. The van der Waals surface area contributed by atoms with Crippen LogP contribution in [0.15, 0.2) is 55.0 Å². The first kappa shape index (κ1) is 12.2. The van der Waals surface area contributed by atoms with Crippen LogP contribution < -0.4 is 5.32 Å². The van der Waals surface area contributed by atoms with Crippen molar-refractivity contribution in [3.8, 4) is 17.0 Å². The van der Waals surface area contributed by atoms with Gasteiger partial charge in [-0.1, -0.05) is 12.1 Å². The maximum Gasteiger partial charge on any atom is 0.115 e. The fourth-order valence-corrected chi connectivity index (χ4v) is 1.97. The van der Waals surface area contributed by atoms with Crippen LogP contribution in [-0.2, 0) is 6.54 Å². The second kappa shape index (κ2) is 5.44. The summed E-state index contributed by atoms with van der Waals surface area (Å²) in [7, 11) is 0. The number of pyridine rings is 1. The van der Waals surface area contributed by atoms with E-state index >= 15 is 0 Å². The first-order valence-electron chi connectivity index (χ1n) is 6.28. The lowest BCUT2D eigenvalue weighted by molar-refractivity contribution is 0.474. The van der Waals surface area contributed by atoms with Gasteiger partial charge >= 0.3 is 0 Å². The van der Waals surface area contributed by atoms with Crippen molar-refractivity contribution in [2.75, 3.05) is 5.32 Å². The van der Waals surface area contributed by atoms with Crippen LogP contribution in [0.4, 0.5) is 5.69 Å². The minimum atomic E-state index is 0.272. The topological polar surface area (TPSA) is 73.8 Å². The monoisotopic (exact) mass is 266 g/mol. The lowest BCUT2D eigenvalue weighted by Gasteiger charge is -2.07. The summed E-state index contributed by atoms with van der Waals surface area (Å²) >= 11 is 0. The first-order chi connectivity index (χ1) is 9.81. The summed E-state index contributed by atoms with van der Waals surface area (Å²) in [5, 5.41) is 19.6. The predicted molar refractivity (Wildman–Crippen MR) is 77.3 cm³/mol. The molecule has 5 nitrogen and oxygen atoms in total. The van der Waals surface area contributed by atoms with Gasteiger partial charge in [0.1, 0.15) is 5.75 Å². The van der Waals surface area contributed by atoms with Gasteiger partial charge in [-0.05, 0) is 29.8 Å². The summed E-state index contributed by atoms with van der Waals surface area (Å²) in [4.78, 5) is 4.21. The zero-order chi connectivity index (χ0) is 13.8. The molecule has 0 aliphatic carbocycles. The van der Waals surface area contributed by atoms with Crippen molar-refractivity contribution in [3.05, 3.63) is 60.6 Å². The molecule has 0 saturated heterocycles. The van der Waals surface area contributed by atoms with Crippen molar-refractivity contribution < 1.29 is 5.11 Å². The van der Waals surface area contributed by atoms with Gasteiger partial charge in [-0.25, -0.2) is 0 Å². The number of nitrogens with zero attached hydrogens (tertiary/aromatic N) is 2. The van der Waals surface area contributed by atoms with Crippen molar-refractivity contribution >= 4 is 5.69 Å². The van der Waals surface area contributed by atoms with Gasteiger partial charge in [0.25, 0.3) is 0 Å². The molecule has 0 aliphatic rings. The first-order valence-corrected chi connectivity index (χ1v) is 6.28. The van der Waals surface area contributed by atoms with E-state index < -0.39 is 0 Å². The molecule has 0 aliphatic heterocycles. The molecule has 3 rings (SSSR count). The van der Waals surface area contributed by atoms with Gasteiger partial charge in [0, 0.05) is 30.7 Å². The molecule has 0 amide bonds. The Hall–Kier alpha value is -2.82. The maximum atomic E-state index is 9.43. The third kappa shape index (κ3) is 2.77. The number of hydrogen-bond acceptors (Lipinski definition) is 4. The van der Waals surface area contributed by atoms with Crippen LogP contribution in [0.3, 0.4) is 0 Å². The van der Waals surface area contributed by atoms with Crippen LogP contribution >= 0.6 is 0 Å². The molecule has 0 saturated carbocycles. The van der Waals surface area contributed by atoms with E-state index in [9.17, 15) is 5.11 Å². The number of nitrogens with one attached hydrogen (secondary N) is 2. The smallest absolute Gasteiger partial charge is 0.115 e. The Morgan fingerprint density at radius 1 is 1.15 bits per heavy atom. The number of rotatable bonds is 4. The van der Waals surface area contributed by atoms with Gasteiger partial charge in [0.15, 0.2) is 0 Å². The van der Waals surface area contributed by atoms with E-state index in [1.165, 1.54) is 0 Å². The molecule has 1 aromatic carbocycles. The quantitative estimate of drug-likeness (QED) is 0.679. The van der Waals surface area contributed by atoms with Crippen molar-refractivity contribution in [3.63, 3.8) is 0 Å². The lowest BCUT2D eigenvalue weighted by Crippen LogP contribution is -1.99. The average Bonchev–Trinajstić information content (AvgIpc) is 3.00. The minimum absolute atomic E-state index is 0.272. The Morgan fingerprint density at radius 2 is 2.10 bits per heavy atom. The van der Waals surface area contributed by atoms with Gasteiger partial charge in [0.2, 0.25) is 0 Å². The van der Waals surface area contributed by atoms with E-state index in [0.717, 1.165) is 22.5 Å². The third-order valence-electron chi connectivity index (χ3n) is 2.96. The molecule has 0 atom stereocenters. The standard InChI is InChI=1S/C15H14N4O/c20-14-3-1-2-11(6-14)8-17-13-7-12(9-16-10-13)15-4-5-18-19-15/h1-7,9-10,17,20H,8H2,(H,18,19). The van der Waals surface area contributed by atoms with Crippen LogP contribution in [0.1, 0.15) is 5.56 Å². The molecule has 3 N–H and O–H groups in total. The lowest BCUT2D eigenvalue weighted by atomic mass is 10.2. The summed E-state index contributed by atoms with van der Waals surface area (Å²) in [5.41, 5.74) is 3.83. The average molecular weight is 266 g/mol. The Balaban J connectivity index is 1.73. The number of hydrogen-bond donors (Lipinski definition) is 3. The van der Waals surface area contributed by atoms with Crippen LogP contribution in [0, 0.1) is 0 Å². The maximum absolute atomic E-state index is 9.43. The number of anilines is 1. The fraction of sp³-hybridized carbons (Fsp3) is 0.0667. The predicted octanol–water partition coefficient (Wildman–Crippen LogP) is 2.79. The second-order valence-corrected chi connectivity index (χ2v) is 4.46. The summed E-state index contributed by atoms with van der Waals surface area (Å²) in [6.07, 6.45) is 5.26. The van der Waals surface area contributed by atoms with Crippen molar-refractivity contribution in [2.45, 2.75) is 6.54 Å².